The Hall–Kier alpha value is -3.90. The number of carbonyl (C=O) groups is 3. The highest BCUT2D eigenvalue weighted by Gasteiger charge is 2.40. The van der Waals surface area contributed by atoms with Gasteiger partial charge in [0.2, 0.25) is 6.41 Å². The van der Waals surface area contributed by atoms with Crippen LogP contribution in [-0.4, -0.2) is 83.3 Å². The number of hydrazine groups is 1. The van der Waals surface area contributed by atoms with Crippen LogP contribution in [0.1, 0.15) is 42.5 Å². The van der Waals surface area contributed by atoms with E-state index in [4.69, 9.17) is 4.74 Å². The van der Waals surface area contributed by atoms with E-state index in [1.807, 2.05) is 18.2 Å². The minimum absolute atomic E-state index is 0.0695. The lowest BCUT2D eigenvalue weighted by Gasteiger charge is -2.40. The molecule has 208 valence electrons. The summed E-state index contributed by atoms with van der Waals surface area (Å²) in [5.74, 6) is -2.76. The standard InChI is InChI=1S/C27H31F2N5O5/c1-39-26(37)24-23(16-35)34(27(38)31-25(24)19-6-7-20(28)21(29)15-19)33(17-36)12-4-11-32-13-8-18(9-14-32)22-5-2-3-10-30-22/h2-3,5-7,10,15,17-18,25,35H,4,8-9,11-14,16H2,1H3,(H,31,38). The molecule has 1 atom stereocenters. The number of piperidine rings is 1. The lowest BCUT2D eigenvalue weighted by atomic mass is 9.93. The van der Waals surface area contributed by atoms with Gasteiger partial charge in [-0.1, -0.05) is 12.1 Å². The van der Waals surface area contributed by atoms with Gasteiger partial charge in [0, 0.05) is 24.4 Å². The Morgan fingerprint density at radius 1 is 1.23 bits per heavy atom. The second-order valence-electron chi connectivity index (χ2n) is 9.37. The molecular formula is C27H31F2N5O5. The molecule has 2 aliphatic rings. The van der Waals surface area contributed by atoms with E-state index >= 15 is 0 Å². The summed E-state index contributed by atoms with van der Waals surface area (Å²) in [5, 5.41) is 14.7. The molecule has 39 heavy (non-hydrogen) atoms. The lowest BCUT2D eigenvalue weighted by molar-refractivity contribution is -0.138. The summed E-state index contributed by atoms with van der Waals surface area (Å²) >= 11 is 0. The van der Waals surface area contributed by atoms with E-state index in [0.717, 1.165) is 60.9 Å². The van der Waals surface area contributed by atoms with E-state index in [2.05, 4.69) is 15.2 Å². The number of halogens is 2. The summed E-state index contributed by atoms with van der Waals surface area (Å²) in [5.41, 5.74) is 0.768. The Kier molecular flexibility index (Phi) is 9.20. The van der Waals surface area contributed by atoms with Crippen LogP contribution in [0.4, 0.5) is 13.6 Å². The van der Waals surface area contributed by atoms with Gasteiger partial charge < -0.3 is 20.1 Å². The van der Waals surface area contributed by atoms with Crippen molar-refractivity contribution < 1.29 is 33.0 Å². The number of hydrogen-bond donors (Lipinski definition) is 2. The molecule has 0 radical (unpaired) electrons. The van der Waals surface area contributed by atoms with E-state index in [9.17, 15) is 28.3 Å². The number of ether oxygens (including phenoxy) is 1. The van der Waals surface area contributed by atoms with Crippen molar-refractivity contribution in [1.82, 2.24) is 25.2 Å². The molecule has 10 nitrogen and oxygen atoms in total. The van der Waals surface area contributed by atoms with Gasteiger partial charge in [-0.3, -0.25) is 9.78 Å². The van der Waals surface area contributed by atoms with Gasteiger partial charge in [0.15, 0.2) is 11.6 Å². The van der Waals surface area contributed by atoms with E-state index in [-0.39, 0.29) is 23.4 Å². The van der Waals surface area contributed by atoms with E-state index in [1.165, 1.54) is 6.07 Å². The van der Waals surface area contributed by atoms with Crippen molar-refractivity contribution in [2.45, 2.75) is 31.2 Å². The molecule has 2 aliphatic heterocycles. The number of nitrogens with zero attached hydrogens (tertiary/aromatic N) is 4. The molecule has 4 rings (SSSR count). The Labute approximate surface area is 224 Å². The van der Waals surface area contributed by atoms with Crippen LogP contribution in [-0.2, 0) is 14.3 Å². The van der Waals surface area contributed by atoms with Crippen LogP contribution in [0.25, 0.3) is 0 Å². The van der Waals surface area contributed by atoms with Crippen molar-refractivity contribution in [3.8, 4) is 0 Å². The molecule has 2 N–H and O–H groups in total. The number of aliphatic hydroxyl groups excluding tert-OH is 1. The topological polar surface area (TPSA) is 115 Å². The van der Waals surface area contributed by atoms with Gasteiger partial charge in [0.05, 0.1) is 31.0 Å². The number of rotatable bonds is 10. The summed E-state index contributed by atoms with van der Waals surface area (Å²) in [7, 11) is 1.11. The fourth-order valence-electron chi connectivity index (χ4n) is 5.10. The fourth-order valence-corrected chi connectivity index (χ4v) is 5.10. The zero-order valence-electron chi connectivity index (χ0n) is 21.6. The van der Waals surface area contributed by atoms with Crippen molar-refractivity contribution in [3.05, 3.63) is 76.8 Å². The first-order chi connectivity index (χ1) is 18.9. The monoisotopic (exact) mass is 543 g/mol. The number of nitrogens with one attached hydrogen (secondary N) is 1. The molecule has 1 saturated heterocycles. The van der Waals surface area contributed by atoms with Gasteiger partial charge in [0.1, 0.15) is 0 Å². The van der Waals surface area contributed by atoms with Crippen LogP contribution < -0.4 is 5.32 Å². The van der Waals surface area contributed by atoms with Gasteiger partial charge >= 0.3 is 12.0 Å². The van der Waals surface area contributed by atoms with Crippen LogP contribution in [0, 0.1) is 11.6 Å². The first-order valence-corrected chi connectivity index (χ1v) is 12.7. The SMILES string of the molecule is COC(=O)C1=C(CO)N(N(C=O)CCCN2CCC(c3ccccn3)CC2)C(=O)NC1c1ccc(F)c(F)c1. The summed E-state index contributed by atoms with van der Waals surface area (Å²) in [6.07, 6.45) is 4.70. The van der Waals surface area contributed by atoms with Gasteiger partial charge in [0.25, 0.3) is 0 Å². The maximum Gasteiger partial charge on any atom is 0.341 e. The van der Waals surface area contributed by atoms with E-state index in [1.54, 1.807) is 6.20 Å². The lowest BCUT2D eigenvalue weighted by Crippen LogP contribution is -2.56. The molecule has 0 spiro atoms. The number of aromatic nitrogens is 1. The number of amides is 3. The quantitative estimate of drug-likeness (QED) is 0.350. The molecule has 0 bridgehead atoms. The summed E-state index contributed by atoms with van der Waals surface area (Å²) in [4.78, 5) is 44.6. The zero-order valence-corrected chi connectivity index (χ0v) is 21.6. The predicted octanol–water partition coefficient (Wildman–Crippen LogP) is 2.49. The van der Waals surface area contributed by atoms with Gasteiger partial charge in [-0.15, -0.1) is 0 Å². The van der Waals surface area contributed by atoms with Crippen LogP contribution in [0.5, 0.6) is 0 Å². The Morgan fingerprint density at radius 3 is 2.62 bits per heavy atom. The largest absolute Gasteiger partial charge is 0.466 e. The van der Waals surface area contributed by atoms with Crippen molar-refractivity contribution in [1.29, 1.82) is 0 Å². The first-order valence-electron chi connectivity index (χ1n) is 12.7. The minimum Gasteiger partial charge on any atom is -0.466 e. The number of carbonyl (C=O) groups excluding carboxylic acids is 3. The maximum absolute atomic E-state index is 13.9. The molecule has 12 heteroatoms. The summed E-state index contributed by atoms with van der Waals surface area (Å²) < 4.78 is 32.3. The van der Waals surface area contributed by atoms with Gasteiger partial charge in [-0.05, 0) is 68.7 Å². The molecule has 0 saturated carbocycles. The third kappa shape index (κ3) is 6.23. The average molecular weight is 544 g/mol. The Balaban J connectivity index is 1.46. The molecule has 2 aromatic rings. The van der Waals surface area contributed by atoms with Gasteiger partial charge in [-0.25, -0.2) is 28.4 Å². The number of benzene rings is 1. The first kappa shape index (κ1) is 28.1. The molecule has 1 aromatic carbocycles. The highest BCUT2D eigenvalue weighted by Crippen LogP contribution is 2.33. The molecular weight excluding hydrogens is 512 g/mol. The fraction of sp³-hybridized carbons (Fsp3) is 0.407. The number of hydrogen-bond acceptors (Lipinski definition) is 7. The number of likely N-dealkylation sites (tertiary alicyclic amines) is 1. The predicted molar refractivity (Wildman–Crippen MR) is 136 cm³/mol. The number of esters is 1. The zero-order chi connectivity index (χ0) is 27.9. The number of pyridine rings is 1. The maximum atomic E-state index is 13.9. The smallest absolute Gasteiger partial charge is 0.341 e. The molecule has 0 aliphatic carbocycles. The molecule has 1 unspecified atom stereocenters. The molecule has 1 aromatic heterocycles. The van der Waals surface area contributed by atoms with Crippen molar-refractivity contribution >= 4 is 18.4 Å². The van der Waals surface area contributed by atoms with Crippen LogP contribution in [0.3, 0.4) is 0 Å². The van der Waals surface area contributed by atoms with E-state index in [0.29, 0.717) is 25.3 Å². The number of aliphatic hydroxyl groups is 1. The average Bonchev–Trinajstić information content (AvgIpc) is 2.97. The van der Waals surface area contributed by atoms with E-state index < -0.39 is 36.3 Å². The third-order valence-electron chi connectivity index (χ3n) is 7.08. The third-order valence-corrected chi connectivity index (χ3v) is 7.08. The molecule has 1 fully saturated rings. The Bertz CT molecular complexity index is 1220. The highest BCUT2D eigenvalue weighted by atomic mass is 19.2. The normalized spacial score (nSPS) is 18.6. The number of methoxy groups -OCH3 is 1. The van der Waals surface area contributed by atoms with Crippen molar-refractivity contribution in [3.63, 3.8) is 0 Å². The summed E-state index contributed by atoms with van der Waals surface area (Å²) in [6.45, 7) is 1.76. The highest BCUT2D eigenvalue weighted by molar-refractivity contribution is 5.95. The minimum atomic E-state index is -1.23. The molecule has 3 amide bonds. The number of urea groups is 1. The van der Waals surface area contributed by atoms with Crippen molar-refractivity contribution in [2.75, 3.05) is 39.9 Å². The van der Waals surface area contributed by atoms with Gasteiger partial charge in [-0.2, -0.15) is 0 Å². The Morgan fingerprint density at radius 2 is 2.00 bits per heavy atom. The summed E-state index contributed by atoms with van der Waals surface area (Å²) in [6, 6.07) is 6.81. The van der Waals surface area contributed by atoms with Crippen LogP contribution in [0.15, 0.2) is 53.9 Å². The van der Waals surface area contributed by atoms with Crippen LogP contribution in [0.2, 0.25) is 0 Å². The second kappa shape index (κ2) is 12.8. The molecule has 3 heterocycles. The van der Waals surface area contributed by atoms with Crippen molar-refractivity contribution in [2.24, 2.45) is 0 Å². The van der Waals surface area contributed by atoms with Crippen LogP contribution >= 0.6 is 0 Å². The second-order valence-corrected chi connectivity index (χ2v) is 9.37.